The highest BCUT2D eigenvalue weighted by Crippen LogP contribution is 2.29. The van der Waals surface area contributed by atoms with Gasteiger partial charge in [-0.05, 0) is 37.2 Å². The van der Waals surface area contributed by atoms with Crippen LogP contribution in [0.2, 0.25) is 5.02 Å². The van der Waals surface area contributed by atoms with E-state index in [0.29, 0.717) is 10.7 Å². The second-order valence-corrected chi connectivity index (χ2v) is 7.21. The molecule has 0 spiro atoms. The van der Waals surface area contributed by atoms with E-state index < -0.39 is 6.23 Å². The van der Waals surface area contributed by atoms with Crippen molar-refractivity contribution in [3.05, 3.63) is 45.7 Å². The molecular weight excluding hydrogens is 358 g/mol. The van der Waals surface area contributed by atoms with Gasteiger partial charge in [-0.2, -0.15) is 0 Å². The van der Waals surface area contributed by atoms with Crippen molar-refractivity contribution in [2.45, 2.75) is 12.6 Å². The summed E-state index contributed by atoms with van der Waals surface area (Å²) in [7, 11) is 0. The third kappa shape index (κ3) is 3.46. The van der Waals surface area contributed by atoms with Crippen LogP contribution in [0.3, 0.4) is 0 Å². The Kier molecular flexibility index (Phi) is 4.80. The smallest absolute Gasteiger partial charge is 0.168 e. The average Bonchev–Trinajstić information content (AvgIpc) is 3.11. The lowest BCUT2D eigenvalue weighted by molar-refractivity contribution is 0.201. The van der Waals surface area contributed by atoms with Gasteiger partial charge in [-0.3, -0.25) is 0 Å². The van der Waals surface area contributed by atoms with Gasteiger partial charge < -0.3 is 20.6 Å². The van der Waals surface area contributed by atoms with Crippen LogP contribution in [0, 0.1) is 0 Å². The highest BCUT2D eigenvalue weighted by molar-refractivity contribution is 7.09. The van der Waals surface area contributed by atoms with Crippen molar-refractivity contribution in [2.75, 3.05) is 36.4 Å². The summed E-state index contributed by atoms with van der Waals surface area (Å²) in [5.41, 5.74) is 2.36. The standard InChI is InChI=1S/C17H20ClN5OS/c18-13-10-25-11-14(13)20-17(24)15-4-2-12-3-5-16(21-23(12)15)22-8-1-6-19-7-9-22/h2-5,10-11,17,19-20,24H,1,6-9H2. The van der Waals surface area contributed by atoms with Crippen molar-refractivity contribution >= 4 is 40.0 Å². The first-order chi connectivity index (χ1) is 12.2. The molecule has 3 aromatic heterocycles. The molecule has 3 aromatic rings. The normalized spacial score (nSPS) is 16.8. The number of hydrogen-bond acceptors (Lipinski definition) is 6. The summed E-state index contributed by atoms with van der Waals surface area (Å²) in [4.78, 5) is 2.28. The molecular formula is C17H20ClN5OS. The fraction of sp³-hybridized carbons (Fsp3) is 0.353. The van der Waals surface area contributed by atoms with Crippen molar-refractivity contribution in [3.63, 3.8) is 0 Å². The lowest BCUT2D eigenvalue weighted by atomic mass is 10.3. The van der Waals surface area contributed by atoms with Crippen LogP contribution in [0.15, 0.2) is 35.0 Å². The molecule has 0 amide bonds. The van der Waals surface area contributed by atoms with Gasteiger partial charge in [0.2, 0.25) is 0 Å². The minimum absolute atomic E-state index is 0.607. The summed E-state index contributed by atoms with van der Waals surface area (Å²) >= 11 is 7.60. The monoisotopic (exact) mass is 377 g/mol. The Labute approximate surface area is 155 Å². The number of aromatic nitrogens is 2. The second kappa shape index (κ2) is 7.21. The largest absolute Gasteiger partial charge is 0.368 e. The van der Waals surface area contributed by atoms with Gasteiger partial charge in [0.25, 0.3) is 0 Å². The topological polar surface area (TPSA) is 64.8 Å². The first kappa shape index (κ1) is 16.7. The molecule has 6 nitrogen and oxygen atoms in total. The molecule has 132 valence electrons. The molecule has 1 aliphatic rings. The maximum absolute atomic E-state index is 10.6. The van der Waals surface area contributed by atoms with Crippen LogP contribution in [0.5, 0.6) is 0 Å². The van der Waals surface area contributed by atoms with Crippen molar-refractivity contribution < 1.29 is 5.11 Å². The summed E-state index contributed by atoms with van der Waals surface area (Å²) < 4.78 is 1.80. The van der Waals surface area contributed by atoms with E-state index in [1.165, 1.54) is 11.3 Å². The summed E-state index contributed by atoms with van der Waals surface area (Å²) in [6, 6.07) is 7.92. The van der Waals surface area contributed by atoms with Crippen molar-refractivity contribution in [1.29, 1.82) is 0 Å². The predicted octanol–water partition coefficient (Wildman–Crippen LogP) is 2.95. The molecule has 0 radical (unpaired) electrons. The zero-order valence-electron chi connectivity index (χ0n) is 13.7. The van der Waals surface area contributed by atoms with Crippen molar-refractivity contribution in [3.8, 4) is 0 Å². The summed E-state index contributed by atoms with van der Waals surface area (Å²) in [5.74, 6) is 0.925. The molecule has 1 atom stereocenters. The van der Waals surface area contributed by atoms with Crippen LogP contribution in [0.4, 0.5) is 11.5 Å². The van der Waals surface area contributed by atoms with Gasteiger partial charge >= 0.3 is 0 Å². The molecule has 1 aliphatic heterocycles. The molecule has 25 heavy (non-hydrogen) atoms. The zero-order chi connectivity index (χ0) is 17.2. The maximum Gasteiger partial charge on any atom is 0.168 e. The van der Waals surface area contributed by atoms with Gasteiger partial charge in [0.15, 0.2) is 6.23 Å². The van der Waals surface area contributed by atoms with E-state index in [4.69, 9.17) is 16.7 Å². The molecule has 1 saturated heterocycles. The van der Waals surface area contributed by atoms with Crippen molar-refractivity contribution in [2.24, 2.45) is 0 Å². The highest BCUT2D eigenvalue weighted by atomic mass is 35.5. The van der Waals surface area contributed by atoms with Crippen LogP contribution >= 0.6 is 22.9 Å². The highest BCUT2D eigenvalue weighted by Gasteiger charge is 2.17. The van der Waals surface area contributed by atoms with Crippen LogP contribution in [-0.4, -0.2) is 40.9 Å². The third-order valence-electron chi connectivity index (χ3n) is 4.37. The predicted molar refractivity (Wildman–Crippen MR) is 103 cm³/mol. The number of aliphatic hydroxyl groups is 1. The summed E-state index contributed by atoms with van der Waals surface area (Å²) in [6.07, 6.45) is 0.210. The first-order valence-electron chi connectivity index (χ1n) is 8.33. The van der Waals surface area contributed by atoms with Crippen LogP contribution < -0.4 is 15.5 Å². The molecule has 0 bridgehead atoms. The van der Waals surface area contributed by atoms with E-state index in [2.05, 4.69) is 15.5 Å². The number of hydrogen-bond donors (Lipinski definition) is 3. The molecule has 1 fully saturated rings. The lowest BCUT2D eigenvalue weighted by Gasteiger charge is -2.21. The molecule has 3 N–H and O–H groups in total. The molecule has 4 rings (SSSR count). The first-order valence-corrected chi connectivity index (χ1v) is 9.65. The van der Waals surface area contributed by atoms with E-state index in [1.54, 1.807) is 4.52 Å². The number of nitrogens with zero attached hydrogens (tertiary/aromatic N) is 3. The van der Waals surface area contributed by atoms with E-state index in [0.717, 1.165) is 49.6 Å². The van der Waals surface area contributed by atoms with E-state index in [9.17, 15) is 5.11 Å². The Morgan fingerprint density at radius 1 is 1.20 bits per heavy atom. The Morgan fingerprint density at radius 2 is 2.08 bits per heavy atom. The van der Waals surface area contributed by atoms with Gasteiger partial charge in [-0.1, -0.05) is 11.6 Å². The van der Waals surface area contributed by atoms with Gasteiger partial charge in [0.1, 0.15) is 5.82 Å². The van der Waals surface area contributed by atoms with E-state index >= 15 is 0 Å². The lowest BCUT2D eigenvalue weighted by Crippen LogP contribution is -2.29. The van der Waals surface area contributed by atoms with E-state index in [-0.39, 0.29) is 0 Å². The third-order valence-corrected chi connectivity index (χ3v) is 5.56. The number of aliphatic hydroxyl groups excluding tert-OH is 1. The van der Waals surface area contributed by atoms with Crippen LogP contribution in [0.1, 0.15) is 18.3 Å². The van der Waals surface area contributed by atoms with Gasteiger partial charge in [-0.15, -0.1) is 16.4 Å². The zero-order valence-corrected chi connectivity index (χ0v) is 15.2. The maximum atomic E-state index is 10.6. The Morgan fingerprint density at radius 3 is 2.92 bits per heavy atom. The summed E-state index contributed by atoms with van der Waals surface area (Å²) in [5, 5.41) is 26.1. The number of thiophene rings is 1. The average molecular weight is 378 g/mol. The molecule has 0 aliphatic carbocycles. The van der Waals surface area contributed by atoms with Gasteiger partial charge in [0, 0.05) is 30.4 Å². The number of nitrogens with one attached hydrogen (secondary N) is 2. The number of rotatable bonds is 4. The minimum Gasteiger partial charge on any atom is -0.368 e. The molecule has 0 saturated carbocycles. The molecule has 0 aromatic carbocycles. The van der Waals surface area contributed by atoms with Crippen LogP contribution in [-0.2, 0) is 0 Å². The van der Waals surface area contributed by atoms with Gasteiger partial charge in [0.05, 0.1) is 21.9 Å². The van der Waals surface area contributed by atoms with Crippen molar-refractivity contribution in [1.82, 2.24) is 14.9 Å². The second-order valence-electron chi connectivity index (χ2n) is 6.06. The molecule has 8 heteroatoms. The Bertz CT molecular complexity index is 856. The fourth-order valence-corrected chi connectivity index (χ4v) is 4.03. The minimum atomic E-state index is -0.886. The van der Waals surface area contributed by atoms with E-state index in [1.807, 2.05) is 35.0 Å². The number of fused-ring (bicyclic) bond motifs is 1. The quantitative estimate of drug-likeness (QED) is 0.610. The van der Waals surface area contributed by atoms with Gasteiger partial charge in [-0.25, -0.2) is 4.52 Å². The number of anilines is 2. The SMILES string of the molecule is OC(Nc1cscc1Cl)c1ccc2ccc(N3CCCNCC3)nn12. The Hall–Kier alpha value is -1.80. The molecule has 4 heterocycles. The molecule has 1 unspecified atom stereocenters. The number of halogens is 1. The summed E-state index contributed by atoms with van der Waals surface area (Å²) in [6.45, 7) is 3.91. The van der Waals surface area contributed by atoms with Crippen LogP contribution in [0.25, 0.3) is 5.52 Å². The Balaban J connectivity index is 1.62. The fourth-order valence-electron chi connectivity index (χ4n) is 3.05.